The minimum absolute atomic E-state index is 0.0460. The van der Waals surface area contributed by atoms with E-state index < -0.39 is 6.10 Å². The van der Waals surface area contributed by atoms with Crippen LogP contribution in [-0.2, 0) is 24.3 Å². The standard InChI is InChI=1S/C32H31FN2O2/c1-23(32(36)34-21-24-10-4-2-5-11-24)37-28-17-16-25-18-19-35(22-27-14-8-9-15-30(27)33)31(29(25)20-28)26-12-6-3-7-13-26/h2-17,20,23,31H,18-19,21-22H2,1H3,(H,34,36)/t23-,31+/m1/s1. The van der Waals surface area contributed by atoms with Crippen LogP contribution in [0, 0.1) is 5.82 Å². The SMILES string of the molecule is C[C@@H](Oc1ccc2c(c1)[C@H](c1ccccc1)N(Cc1ccccc1F)CC2)C(=O)NCc1ccccc1. The molecule has 1 heterocycles. The largest absolute Gasteiger partial charge is 0.481 e. The number of ether oxygens (including phenoxy) is 1. The first-order chi connectivity index (χ1) is 18.1. The summed E-state index contributed by atoms with van der Waals surface area (Å²) in [5, 5.41) is 2.95. The zero-order valence-corrected chi connectivity index (χ0v) is 20.9. The molecular formula is C32H31FN2O2. The van der Waals surface area contributed by atoms with E-state index >= 15 is 0 Å². The number of halogens is 1. The molecule has 188 valence electrons. The summed E-state index contributed by atoms with van der Waals surface area (Å²) in [6, 6.07) is 33.1. The molecule has 0 saturated carbocycles. The molecule has 5 heteroatoms. The fraction of sp³-hybridized carbons (Fsp3) is 0.219. The Morgan fingerprint density at radius 3 is 2.43 bits per heavy atom. The van der Waals surface area contributed by atoms with Gasteiger partial charge in [0.1, 0.15) is 11.6 Å². The molecule has 37 heavy (non-hydrogen) atoms. The average Bonchev–Trinajstić information content (AvgIpc) is 2.93. The quantitative estimate of drug-likeness (QED) is 0.324. The van der Waals surface area contributed by atoms with Gasteiger partial charge in [-0.25, -0.2) is 4.39 Å². The molecule has 1 aliphatic heterocycles. The summed E-state index contributed by atoms with van der Waals surface area (Å²) in [6.45, 7) is 3.55. The highest BCUT2D eigenvalue weighted by atomic mass is 19.1. The van der Waals surface area contributed by atoms with Crippen LogP contribution in [-0.4, -0.2) is 23.5 Å². The molecule has 0 spiro atoms. The van der Waals surface area contributed by atoms with E-state index in [-0.39, 0.29) is 17.8 Å². The van der Waals surface area contributed by atoms with E-state index in [1.807, 2.05) is 72.8 Å². The number of hydrogen-bond donors (Lipinski definition) is 1. The second-order valence-corrected chi connectivity index (χ2v) is 9.45. The van der Waals surface area contributed by atoms with Crippen molar-refractivity contribution in [2.75, 3.05) is 6.54 Å². The van der Waals surface area contributed by atoms with Gasteiger partial charge in [0.2, 0.25) is 0 Å². The number of carbonyl (C=O) groups is 1. The molecule has 5 rings (SSSR count). The van der Waals surface area contributed by atoms with Crippen LogP contribution in [0.3, 0.4) is 0 Å². The molecule has 1 aliphatic rings. The molecule has 0 saturated heterocycles. The van der Waals surface area contributed by atoms with E-state index in [2.05, 4.69) is 28.4 Å². The Balaban J connectivity index is 1.37. The molecule has 0 aromatic heterocycles. The highest BCUT2D eigenvalue weighted by Gasteiger charge is 2.30. The zero-order valence-electron chi connectivity index (χ0n) is 20.9. The lowest BCUT2D eigenvalue weighted by molar-refractivity contribution is -0.127. The van der Waals surface area contributed by atoms with Gasteiger partial charge >= 0.3 is 0 Å². The Morgan fingerprint density at radius 1 is 0.973 bits per heavy atom. The molecule has 2 atom stereocenters. The maximum absolute atomic E-state index is 14.5. The summed E-state index contributed by atoms with van der Waals surface area (Å²) < 4.78 is 20.6. The van der Waals surface area contributed by atoms with Gasteiger partial charge in [-0.3, -0.25) is 9.69 Å². The second-order valence-electron chi connectivity index (χ2n) is 9.45. The molecule has 4 aromatic rings. The molecule has 0 aliphatic carbocycles. The second kappa shape index (κ2) is 11.4. The van der Waals surface area contributed by atoms with E-state index in [0.717, 1.165) is 29.7 Å². The van der Waals surface area contributed by atoms with E-state index in [4.69, 9.17) is 4.74 Å². The highest BCUT2D eigenvalue weighted by Crippen LogP contribution is 2.38. The molecule has 0 bridgehead atoms. The van der Waals surface area contributed by atoms with Crippen molar-refractivity contribution in [1.82, 2.24) is 10.2 Å². The van der Waals surface area contributed by atoms with Gasteiger partial charge < -0.3 is 10.1 Å². The zero-order chi connectivity index (χ0) is 25.6. The number of carbonyl (C=O) groups excluding carboxylic acids is 1. The number of nitrogens with zero attached hydrogens (tertiary/aromatic N) is 1. The third-order valence-electron chi connectivity index (χ3n) is 6.88. The molecule has 1 amide bonds. The van der Waals surface area contributed by atoms with Gasteiger partial charge in [-0.2, -0.15) is 0 Å². The van der Waals surface area contributed by atoms with E-state index in [9.17, 15) is 9.18 Å². The number of amides is 1. The van der Waals surface area contributed by atoms with Crippen LogP contribution in [0.15, 0.2) is 103 Å². The molecular weight excluding hydrogens is 463 g/mol. The Bertz CT molecular complexity index is 1340. The Hall–Kier alpha value is -3.96. The van der Waals surface area contributed by atoms with Crippen molar-refractivity contribution in [3.8, 4) is 5.75 Å². The minimum Gasteiger partial charge on any atom is -0.481 e. The molecule has 4 nitrogen and oxygen atoms in total. The topological polar surface area (TPSA) is 41.6 Å². The van der Waals surface area contributed by atoms with Crippen molar-refractivity contribution in [2.24, 2.45) is 0 Å². The van der Waals surface area contributed by atoms with Gasteiger partial charge in [-0.15, -0.1) is 0 Å². The predicted molar refractivity (Wildman–Crippen MR) is 144 cm³/mol. The summed E-state index contributed by atoms with van der Waals surface area (Å²) >= 11 is 0. The number of rotatable bonds is 8. The van der Waals surface area contributed by atoms with Crippen molar-refractivity contribution in [3.05, 3.63) is 137 Å². The fourth-order valence-corrected chi connectivity index (χ4v) is 4.95. The van der Waals surface area contributed by atoms with Gasteiger partial charge in [0, 0.05) is 25.2 Å². The van der Waals surface area contributed by atoms with E-state index in [0.29, 0.717) is 24.4 Å². The van der Waals surface area contributed by atoms with Crippen LogP contribution in [0.1, 0.15) is 40.8 Å². The van der Waals surface area contributed by atoms with Gasteiger partial charge in [-0.05, 0) is 53.8 Å². The normalized spacial score (nSPS) is 16.0. The number of fused-ring (bicyclic) bond motifs is 1. The van der Waals surface area contributed by atoms with E-state index in [1.54, 1.807) is 13.0 Å². The molecule has 4 aromatic carbocycles. The summed E-state index contributed by atoms with van der Waals surface area (Å²) in [6.07, 6.45) is 0.218. The molecule has 0 radical (unpaired) electrons. The first-order valence-corrected chi connectivity index (χ1v) is 12.7. The Morgan fingerprint density at radius 2 is 1.68 bits per heavy atom. The third kappa shape index (κ3) is 5.89. The van der Waals surface area contributed by atoms with Gasteiger partial charge in [0.15, 0.2) is 6.10 Å². The maximum Gasteiger partial charge on any atom is 0.261 e. The van der Waals surface area contributed by atoms with Gasteiger partial charge in [0.25, 0.3) is 5.91 Å². The first kappa shape index (κ1) is 24.7. The van der Waals surface area contributed by atoms with Crippen LogP contribution < -0.4 is 10.1 Å². The lowest BCUT2D eigenvalue weighted by atomic mass is 9.87. The minimum atomic E-state index is -0.643. The van der Waals surface area contributed by atoms with Crippen LogP contribution in [0.2, 0.25) is 0 Å². The van der Waals surface area contributed by atoms with Crippen LogP contribution in [0.4, 0.5) is 4.39 Å². The maximum atomic E-state index is 14.5. The third-order valence-corrected chi connectivity index (χ3v) is 6.88. The fourth-order valence-electron chi connectivity index (χ4n) is 4.95. The number of benzene rings is 4. The lowest BCUT2D eigenvalue weighted by Crippen LogP contribution is -2.37. The summed E-state index contributed by atoms with van der Waals surface area (Å²) in [4.78, 5) is 15.0. The van der Waals surface area contributed by atoms with Crippen LogP contribution in [0.5, 0.6) is 5.75 Å². The summed E-state index contributed by atoms with van der Waals surface area (Å²) in [7, 11) is 0. The molecule has 1 N–H and O–H groups in total. The van der Waals surface area contributed by atoms with Gasteiger partial charge in [-0.1, -0.05) is 84.9 Å². The van der Waals surface area contributed by atoms with Crippen LogP contribution >= 0.6 is 0 Å². The smallest absolute Gasteiger partial charge is 0.261 e. The van der Waals surface area contributed by atoms with Crippen molar-refractivity contribution < 1.29 is 13.9 Å². The highest BCUT2D eigenvalue weighted by molar-refractivity contribution is 5.80. The number of nitrogens with one attached hydrogen (secondary N) is 1. The summed E-state index contributed by atoms with van der Waals surface area (Å²) in [5.41, 5.74) is 5.24. The first-order valence-electron chi connectivity index (χ1n) is 12.7. The van der Waals surface area contributed by atoms with Crippen molar-refractivity contribution >= 4 is 5.91 Å². The lowest BCUT2D eigenvalue weighted by Gasteiger charge is -2.38. The Labute approximate surface area is 217 Å². The monoisotopic (exact) mass is 494 g/mol. The van der Waals surface area contributed by atoms with Crippen LogP contribution in [0.25, 0.3) is 0 Å². The van der Waals surface area contributed by atoms with Crippen molar-refractivity contribution in [3.63, 3.8) is 0 Å². The van der Waals surface area contributed by atoms with Gasteiger partial charge in [0.05, 0.1) is 6.04 Å². The average molecular weight is 495 g/mol. The summed E-state index contributed by atoms with van der Waals surface area (Å²) in [5.74, 6) is 0.296. The number of hydrogen-bond acceptors (Lipinski definition) is 3. The molecule has 0 fully saturated rings. The van der Waals surface area contributed by atoms with Crippen molar-refractivity contribution in [1.29, 1.82) is 0 Å². The Kier molecular flexibility index (Phi) is 7.62. The van der Waals surface area contributed by atoms with Crippen molar-refractivity contribution in [2.45, 2.75) is 38.6 Å². The molecule has 0 unspecified atom stereocenters. The van der Waals surface area contributed by atoms with E-state index in [1.165, 1.54) is 11.6 Å². The predicted octanol–water partition coefficient (Wildman–Crippen LogP) is 6.06.